The molecule has 0 radical (unpaired) electrons. The predicted octanol–water partition coefficient (Wildman–Crippen LogP) is 1.46. The Bertz CT molecular complexity index is 430. The number of phenols is 1. The van der Waals surface area contributed by atoms with E-state index < -0.39 is 6.04 Å². The van der Waals surface area contributed by atoms with E-state index in [1.165, 1.54) is 0 Å². The number of amides is 1. The van der Waals surface area contributed by atoms with Gasteiger partial charge in [0.1, 0.15) is 5.75 Å². The minimum Gasteiger partial charge on any atom is -0.508 e. The summed E-state index contributed by atoms with van der Waals surface area (Å²) in [5.74, 6) is 0.0662. The van der Waals surface area contributed by atoms with Crippen molar-refractivity contribution in [2.45, 2.75) is 12.5 Å². The highest BCUT2D eigenvalue weighted by atomic mass is 16.3. The number of nitrogens with zero attached hydrogens (tertiary/aromatic N) is 1. The number of carbonyl (C=O) groups is 1. The third-order valence-corrected chi connectivity index (χ3v) is 2.72. The zero-order chi connectivity index (χ0) is 14.3. The van der Waals surface area contributed by atoms with Gasteiger partial charge >= 0.3 is 0 Å². The lowest BCUT2D eigenvalue weighted by Gasteiger charge is -2.23. The fraction of sp³-hybridized carbons (Fsp3) is 0.267. The first-order chi connectivity index (χ1) is 9.08. The summed E-state index contributed by atoms with van der Waals surface area (Å²) in [4.78, 5) is 13.8. The van der Waals surface area contributed by atoms with Crippen molar-refractivity contribution in [3.8, 4) is 5.75 Å². The minimum atomic E-state index is -0.607. The lowest BCUT2D eigenvalue weighted by molar-refractivity contribution is -0.131. The maximum atomic E-state index is 12.2. The van der Waals surface area contributed by atoms with Crippen LogP contribution < -0.4 is 5.73 Å². The van der Waals surface area contributed by atoms with Crippen LogP contribution in [0.15, 0.2) is 49.6 Å². The molecule has 1 rings (SSSR count). The number of rotatable bonds is 7. The molecule has 0 heterocycles. The average Bonchev–Trinajstić information content (AvgIpc) is 2.40. The van der Waals surface area contributed by atoms with Crippen LogP contribution in [0.4, 0.5) is 0 Å². The number of aromatic hydroxyl groups is 1. The molecule has 0 spiro atoms. The van der Waals surface area contributed by atoms with E-state index in [-0.39, 0.29) is 11.7 Å². The Hall–Kier alpha value is -2.07. The Morgan fingerprint density at radius 1 is 1.26 bits per heavy atom. The Balaban J connectivity index is 2.67. The second-order valence-corrected chi connectivity index (χ2v) is 4.30. The zero-order valence-electron chi connectivity index (χ0n) is 11.0. The molecule has 0 saturated carbocycles. The van der Waals surface area contributed by atoms with Gasteiger partial charge in [0.25, 0.3) is 0 Å². The van der Waals surface area contributed by atoms with Crippen LogP contribution in [0, 0.1) is 0 Å². The zero-order valence-corrected chi connectivity index (χ0v) is 11.0. The van der Waals surface area contributed by atoms with Crippen LogP contribution in [-0.4, -0.2) is 35.0 Å². The monoisotopic (exact) mass is 260 g/mol. The summed E-state index contributed by atoms with van der Waals surface area (Å²) in [7, 11) is 0. The van der Waals surface area contributed by atoms with Crippen LogP contribution in [0.2, 0.25) is 0 Å². The van der Waals surface area contributed by atoms with E-state index in [1.807, 2.05) is 0 Å². The SMILES string of the molecule is C=CCN(CC=C)C(=O)C(N)Cc1ccc(O)cc1. The first-order valence-electron chi connectivity index (χ1n) is 6.12. The maximum absolute atomic E-state index is 12.2. The number of benzene rings is 1. The molecule has 3 N–H and O–H groups in total. The van der Waals surface area contributed by atoms with E-state index >= 15 is 0 Å². The van der Waals surface area contributed by atoms with E-state index in [4.69, 9.17) is 5.73 Å². The summed E-state index contributed by atoms with van der Waals surface area (Å²) in [6.07, 6.45) is 3.76. The van der Waals surface area contributed by atoms with Gasteiger partial charge in [-0.25, -0.2) is 0 Å². The number of hydrogen-bond donors (Lipinski definition) is 2. The van der Waals surface area contributed by atoms with Gasteiger partial charge in [0, 0.05) is 13.1 Å². The fourth-order valence-corrected chi connectivity index (χ4v) is 1.77. The third kappa shape index (κ3) is 4.60. The number of nitrogens with two attached hydrogens (primary N) is 1. The number of phenolic OH excluding ortho intramolecular Hbond substituents is 1. The van der Waals surface area contributed by atoms with E-state index in [9.17, 15) is 9.90 Å². The normalized spacial score (nSPS) is 11.6. The average molecular weight is 260 g/mol. The minimum absolute atomic E-state index is 0.132. The first kappa shape index (κ1) is 15.0. The molecule has 0 aliphatic rings. The van der Waals surface area contributed by atoms with Crippen molar-refractivity contribution >= 4 is 5.91 Å². The maximum Gasteiger partial charge on any atom is 0.240 e. The van der Waals surface area contributed by atoms with Crippen molar-refractivity contribution in [1.29, 1.82) is 0 Å². The molecule has 1 aromatic rings. The van der Waals surface area contributed by atoms with Crippen molar-refractivity contribution < 1.29 is 9.90 Å². The molecule has 4 nitrogen and oxygen atoms in total. The van der Waals surface area contributed by atoms with Crippen LogP contribution in [-0.2, 0) is 11.2 Å². The van der Waals surface area contributed by atoms with Gasteiger partial charge in [-0.1, -0.05) is 24.3 Å². The van der Waals surface area contributed by atoms with Crippen molar-refractivity contribution in [3.63, 3.8) is 0 Å². The van der Waals surface area contributed by atoms with E-state index in [0.29, 0.717) is 19.5 Å². The first-order valence-corrected chi connectivity index (χ1v) is 6.12. The quantitative estimate of drug-likeness (QED) is 0.729. The van der Waals surface area contributed by atoms with Crippen LogP contribution in [0.25, 0.3) is 0 Å². The van der Waals surface area contributed by atoms with Crippen molar-refractivity contribution in [3.05, 3.63) is 55.1 Å². The van der Waals surface area contributed by atoms with Gasteiger partial charge in [0.15, 0.2) is 0 Å². The summed E-state index contributed by atoms with van der Waals surface area (Å²) < 4.78 is 0. The fourth-order valence-electron chi connectivity index (χ4n) is 1.77. The second kappa shape index (κ2) is 7.38. The molecule has 0 aliphatic heterocycles. The molecule has 19 heavy (non-hydrogen) atoms. The molecule has 102 valence electrons. The van der Waals surface area contributed by atoms with Crippen molar-refractivity contribution in [2.24, 2.45) is 5.73 Å². The molecule has 4 heteroatoms. The Morgan fingerprint density at radius 2 is 1.79 bits per heavy atom. The van der Waals surface area contributed by atoms with E-state index in [1.54, 1.807) is 41.3 Å². The molecule has 0 aromatic heterocycles. The molecule has 1 aromatic carbocycles. The molecular formula is C15H20N2O2. The standard InChI is InChI=1S/C15H20N2O2/c1-3-9-17(10-4-2)15(19)14(16)11-12-5-7-13(18)8-6-12/h3-8,14,18H,1-2,9-11,16H2. The van der Waals surface area contributed by atoms with Gasteiger partial charge in [0.05, 0.1) is 6.04 Å². The smallest absolute Gasteiger partial charge is 0.240 e. The Morgan fingerprint density at radius 3 is 2.26 bits per heavy atom. The van der Waals surface area contributed by atoms with E-state index in [2.05, 4.69) is 13.2 Å². The van der Waals surface area contributed by atoms with Crippen LogP contribution in [0.3, 0.4) is 0 Å². The molecule has 0 fully saturated rings. The topological polar surface area (TPSA) is 66.6 Å². The lowest BCUT2D eigenvalue weighted by atomic mass is 10.1. The van der Waals surface area contributed by atoms with Crippen LogP contribution >= 0.6 is 0 Å². The number of carbonyl (C=O) groups excluding carboxylic acids is 1. The summed E-state index contributed by atoms with van der Waals surface area (Å²) in [6, 6.07) is 6.07. The van der Waals surface area contributed by atoms with Gasteiger partial charge in [-0.05, 0) is 24.1 Å². The molecule has 1 unspecified atom stereocenters. The third-order valence-electron chi connectivity index (χ3n) is 2.72. The second-order valence-electron chi connectivity index (χ2n) is 4.30. The summed E-state index contributed by atoms with van der Waals surface area (Å²) >= 11 is 0. The molecule has 1 amide bonds. The van der Waals surface area contributed by atoms with Gasteiger partial charge in [-0.15, -0.1) is 13.2 Å². The summed E-state index contributed by atoms with van der Waals surface area (Å²) in [6.45, 7) is 8.15. The van der Waals surface area contributed by atoms with Crippen molar-refractivity contribution in [2.75, 3.05) is 13.1 Å². The van der Waals surface area contributed by atoms with Crippen molar-refractivity contribution in [1.82, 2.24) is 4.90 Å². The largest absolute Gasteiger partial charge is 0.508 e. The van der Waals surface area contributed by atoms with Gasteiger partial charge in [-0.2, -0.15) is 0 Å². The van der Waals surface area contributed by atoms with Gasteiger partial charge in [-0.3, -0.25) is 4.79 Å². The highest BCUT2D eigenvalue weighted by Gasteiger charge is 2.19. The highest BCUT2D eigenvalue weighted by molar-refractivity contribution is 5.82. The molecular weight excluding hydrogens is 240 g/mol. The van der Waals surface area contributed by atoms with Crippen LogP contribution in [0.5, 0.6) is 5.75 Å². The molecule has 0 aliphatic carbocycles. The molecule has 1 atom stereocenters. The molecule has 0 bridgehead atoms. The predicted molar refractivity (Wildman–Crippen MR) is 76.8 cm³/mol. The lowest BCUT2D eigenvalue weighted by Crippen LogP contribution is -2.45. The molecule has 0 saturated heterocycles. The van der Waals surface area contributed by atoms with Gasteiger partial charge < -0.3 is 15.7 Å². The highest BCUT2D eigenvalue weighted by Crippen LogP contribution is 2.11. The number of hydrogen-bond acceptors (Lipinski definition) is 3. The summed E-state index contributed by atoms with van der Waals surface area (Å²) in [5.41, 5.74) is 6.84. The Kier molecular flexibility index (Phi) is 5.82. The van der Waals surface area contributed by atoms with Crippen LogP contribution in [0.1, 0.15) is 5.56 Å². The van der Waals surface area contributed by atoms with E-state index in [0.717, 1.165) is 5.56 Å². The Labute approximate surface area is 113 Å². The van der Waals surface area contributed by atoms with Gasteiger partial charge in [0.2, 0.25) is 5.91 Å². The summed E-state index contributed by atoms with van der Waals surface area (Å²) in [5, 5.41) is 9.20.